The Morgan fingerprint density at radius 3 is 1.33 bits per heavy atom. The van der Waals surface area contributed by atoms with Gasteiger partial charge in [0.2, 0.25) is 11.8 Å². The van der Waals surface area contributed by atoms with Crippen molar-refractivity contribution in [2.45, 2.75) is 410 Å². The van der Waals surface area contributed by atoms with Crippen LogP contribution in [-0.2, 0) is 75.4 Å². The summed E-state index contributed by atoms with van der Waals surface area (Å²) in [5, 5.41) is 50.3. The topological polar surface area (TPSA) is 396 Å². The molecule has 28 heteroatoms. The number of Topliss-reactive ketones (excluding diaryl/α,β-unsaturated/α-hetero) is 1. The Morgan fingerprint density at radius 1 is 0.451 bits per heavy atom. The minimum Gasteiger partial charge on any atom is -0.462 e. The van der Waals surface area contributed by atoms with Crippen LogP contribution in [0.15, 0.2) is 12.2 Å². The van der Waals surface area contributed by atoms with E-state index in [1.54, 1.807) is 0 Å². The second-order valence-electron chi connectivity index (χ2n) is 28.1. The monoisotopic (exact) mass is 1500 g/mol. The zero-order valence-electron chi connectivity index (χ0n) is 62.6. The van der Waals surface area contributed by atoms with Gasteiger partial charge in [0, 0.05) is 12.8 Å². The summed E-state index contributed by atoms with van der Waals surface area (Å²) in [5.74, 6) is -5.19. The van der Waals surface area contributed by atoms with E-state index in [0.717, 1.165) is 180 Å². The Labute approximate surface area is 609 Å². The molecule has 0 radical (unpaired) electrons. The smallest absolute Gasteiger partial charge is 0.462 e. The number of esters is 3. The summed E-state index contributed by atoms with van der Waals surface area (Å²) in [6.45, 7) is 8.44. The predicted molar refractivity (Wildman–Crippen MR) is 387 cm³/mol. The minimum absolute atomic E-state index is 0.0319. The van der Waals surface area contributed by atoms with Crippen LogP contribution in [-0.4, -0.2) is 168 Å². The molecule has 596 valence electrons. The van der Waals surface area contributed by atoms with Gasteiger partial charge < -0.3 is 79.1 Å². The van der Waals surface area contributed by atoms with Crippen LogP contribution < -0.4 is 10.6 Å². The molecule has 102 heavy (non-hydrogen) atoms. The first kappa shape index (κ1) is 94.8. The van der Waals surface area contributed by atoms with E-state index in [0.29, 0.717) is 32.1 Å². The van der Waals surface area contributed by atoms with Crippen LogP contribution in [0.4, 0.5) is 0 Å². The number of amides is 2. The zero-order chi connectivity index (χ0) is 75.4. The van der Waals surface area contributed by atoms with E-state index in [4.69, 9.17) is 37.5 Å². The Hall–Kier alpha value is -3.30. The van der Waals surface area contributed by atoms with Gasteiger partial charge in [-0.2, -0.15) is 0 Å². The van der Waals surface area contributed by atoms with E-state index in [1.807, 2.05) is 13.8 Å². The third-order valence-electron chi connectivity index (χ3n) is 18.6. The molecule has 0 aromatic carbocycles. The maximum atomic E-state index is 14.8. The molecule has 0 aliphatic carbocycles. The highest BCUT2D eigenvalue weighted by Gasteiger charge is 2.55. The van der Waals surface area contributed by atoms with E-state index in [1.165, 1.54) is 25.7 Å². The molecule has 10 N–H and O–H groups in total. The SMILES string of the molecule is CCCCCC/C=C/CCCCCC(=O)OC(CCCCCCCCCCC)CC(=O)NC1C(OCC2OC(OP(=O)(O)O)C(NC(=O)CC(=O)CCCCCCCCCCC)C(OC(=O)CC(O)CCCCCCC)C2O)OC(CO)C(OP(=O)(O)O)C1OC(=O)CC(O)CCCCCCC. The molecular formula is C74H136N2O24P2. The average molecular weight is 1500 g/mol. The Bertz CT molecular complexity index is 2360. The predicted octanol–water partition coefficient (Wildman–Crippen LogP) is 13.0. The molecule has 0 saturated carbocycles. The Kier molecular flexibility index (Phi) is 53.7. The molecule has 2 aliphatic heterocycles. The summed E-state index contributed by atoms with van der Waals surface area (Å²) in [7, 11) is -11.3. The van der Waals surface area contributed by atoms with Crippen molar-refractivity contribution in [1.29, 1.82) is 0 Å². The second kappa shape index (κ2) is 57.8. The lowest BCUT2D eigenvalue weighted by Gasteiger charge is -2.47. The standard InChI is InChI=1S/C74H136N2O24P2/c1-6-11-16-21-24-27-28-31-34-39-44-49-64(83)94-59(48-43-38-33-30-26-23-18-13-8-3)53-63(82)76-68-72(98-66(85)52-58(80)47-41-36-20-15-10-5)70(99-101(87,88)89)60(54-77)95-73(68)93-55-61-69(86)71(97-65(84)51-57(79)46-40-35-19-14-9-4)67(74(96-61)100-102(90,91)92)75-62(81)50-56(78)45-42-37-32-29-25-22-17-12-7-2/h27-28,57-61,67-74,77,79-80,86H,6-26,29-55H2,1-5H3,(H,75,81)(H,76,82)(H2,87,88,89)(H2,90,91,92)/b28-27+. The second-order valence-corrected chi connectivity index (χ2v) is 30.5. The van der Waals surface area contributed by atoms with Gasteiger partial charge in [-0.15, -0.1) is 0 Å². The first-order chi connectivity index (χ1) is 48.9. The summed E-state index contributed by atoms with van der Waals surface area (Å²) in [6.07, 6.45) is 17.1. The molecule has 0 aromatic heterocycles. The fourth-order valence-electron chi connectivity index (χ4n) is 12.8. The largest absolute Gasteiger partial charge is 0.472 e. The van der Waals surface area contributed by atoms with Gasteiger partial charge in [0.25, 0.3) is 0 Å². The number of ketones is 1. The average Bonchev–Trinajstić information content (AvgIpc) is 0.788. The van der Waals surface area contributed by atoms with Gasteiger partial charge in [-0.3, -0.25) is 37.8 Å². The number of aliphatic hydroxyl groups is 4. The Morgan fingerprint density at radius 2 is 0.853 bits per heavy atom. The molecule has 26 nitrogen and oxygen atoms in total. The van der Waals surface area contributed by atoms with Crippen molar-refractivity contribution < 1.29 is 115 Å². The van der Waals surface area contributed by atoms with Gasteiger partial charge in [0.15, 0.2) is 24.8 Å². The highest BCUT2D eigenvalue weighted by atomic mass is 31.2. The number of ether oxygens (including phenoxy) is 6. The van der Waals surface area contributed by atoms with Crippen molar-refractivity contribution in [2.75, 3.05) is 13.2 Å². The normalized spacial score (nSPS) is 21.9. The fraction of sp³-hybridized carbons (Fsp3) is 0.892. The maximum Gasteiger partial charge on any atom is 0.472 e. The number of allylic oxidation sites excluding steroid dienone is 2. The number of carbonyl (C=O) groups excluding carboxylic acids is 6. The lowest BCUT2D eigenvalue weighted by molar-refractivity contribution is -0.296. The summed E-state index contributed by atoms with van der Waals surface area (Å²) >= 11 is 0. The van der Waals surface area contributed by atoms with E-state index in [2.05, 4.69) is 43.6 Å². The van der Waals surface area contributed by atoms with Crippen LogP contribution in [0.2, 0.25) is 0 Å². The van der Waals surface area contributed by atoms with Gasteiger partial charge >= 0.3 is 33.6 Å². The van der Waals surface area contributed by atoms with Gasteiger partial charge in [0.05, 0.1) is 51.1 Å². The van der Waals surface area contributed by atoms with Crippen molar-refractivity contribution in [3.8, 4) is 0 Å². The van der Waals surface area contributed by atoms with Crippen molar-refractivity contribution in [2.24, 2.45) is 0 Å². The first-order valence-corrected chi connectivity index (χ1v) is 42.3. The fourth-order valence-corrected chi connectivity index (χ4v) is 13.9. The molecule has 2 rings (SSSR count). The number of aliphatic hydroxyl groups excluding tert-OH is 4. The number of phosphoric ester groups is 2. The molecule has 2 heterocycles. The lowest BCUT2D eigenvalue weighted by Crippen LogP contribution is -2.68. The summed E-state index contributed by atoms with van der Waals surface area (Å²) in [6, 6.07) is -3.86. The summed E-state index contributed by atoms with van der Waals surface area (Å²) in [4.78, 5) is 125. The van der Waals surface area contributed by atoms with Gasteiger partial charge in [-0.1, -0.05) is 239 Å². The van der Waals surface area contributed by atoms with Crippen molar-refractivity contribution in [1.82, 2.24) is 10.6 Å². The van der Waals surface area contributed by atoms with Gasteiger partial charge in [-0.05, 0) is 64.2 Å². The van der Waals surface area contributed by atoms with Gasteiger partial charge in [0.1, 0.15) is 48.4 Å². The number of rotatable bonds is 64. The van der Waals surface area contributed by atoms with Gasteiger partial charge in [-0.25, -0.2) is 9.13 Å². The quantitative estimate of drug-likeness (QED) is 0.00675. The third kappa shape index (κ3) is 46.0. The lowest BCUT2D eigenvalue weighted by atomic mass is 9.95. The molecule has 2 aliphatic rings. The number of hydrogen-bond acceptors (Lipinski definition) is 20. The molecule has 13 atom stereocenters. The number of carbonyl (C=O) groups is 6. The molecule has 13 unspecified atom stereocenters. The zero-order valence-corrected chi connectivity index (χ0v) is 64.4. The Balaban J connectivity index is 2.69. The maximum absolute atomic E-state index is 14.8. The first-order valence-electron chi connectivity index (χ1n) is 39.3. The number of unbranched alkanes of at least 4 members (excludes halogenated alkanes) is 31. The third-order valence-corrected chi connectivity index (χ3v) is 19.6. The highest BCUT2D eigenvalue weighted by Crippen LogP contribution is 2.44. The number of hydrogen-bond donors (Lipinski definition) is 10. The number of nitrogens with one attached hydrogen (secondary N) is 2. The molecule has 2 amide bonds. The van der Waals surface area contributed by atoms with Crippen LogP contribution >= 0.6 is 15.6 Å². The highest BCUT2D eigenvalue weighted by molar-refractivity contribution is 7.46. The van der Waals surface area contributed by atoms with E-state index in [9.17, 15) is 77.9 Å². The molecule has 0 aromatic rings. The van der Waals surface area contributed by atoms with Crippen molar-refractivity contribution >= 4 is 51.2 Å². The van der Waals surface area contributed by atoms with Crippen LogP contribution in [0.5, 0.6) is 0 Å². The molecule has 2 fully saturated rings. The van der Waals surface area contributed by atoms with Crippen LogP contribution in [0.25, 0.3) is 0 Å². The molecular weight excluding hydrogens is 1360 g/mol. The van der Waals surface area contributed by atoms with E-state index < -0.39 is 170 Å². The van der Waals surface area contributed by atoms with Crippen molar-refractivity contribution in [3.05, 3.63) is 12.2 Å². The summed E-state index contributed by atoms with van der Waals surface area (Å²) in [5.41, 5.74) is 0. The van der Waals surface area contributed by atoms with E-state index in [-0.39, 0.29) is 32.1 Å². The molecule has 2 saturated heterocycles. The minimum atomic E-state index is -5.66. The van der Waals surface area contributed by atoms with E-state index >= 15 is 0 Å². The molecule has 0 bridgehead atoms. The van der Waals surface area contributed by atoms with Crippen LogP contribution in [0, 0.1) is 0 Å². The number of phosphoric acid groups is 2. The summed E-state index contributed by atoms with van der Waals surface area (Å²) < 4.78 is 71.9. The molecule has 0 spiro atoms. The van der Waals surface area contributed by atoms with Crippen LogP contribution in [0.1, 0.15) is 330 Å². The van der Waals surface area contributed by atoms with Crippen LogP contribution in [0.3, 0.4) is 0 Å². The van der Waals surface area contributed by atoms with Crippen molar-refractivity contribution in [3.63, 3.8) is 0 Å².